The van der Waals surface area contributed by atoms with Gasteiger partial charge in [0.15, 0.2) is 0 Å². The quantitative estimate of drug-likeness (QED) is 0.231. The van der Waals surface area contributed by atoms with Gasteiger partial charge in [0.2, 0.25) is 5.91 Å². The average molecular weight is 550 g/mol. The van der Waals surface area contributed by atoms with E-state index in [4.69, 9.17) is 0 Å². The summed E-state index contributed by atoms with van der Waals surface area (Å²) in [5.41, 5.74) is 5.54. The highest BCUT2D eigenvalue weighted by atomic mass is 16.4. The van der Waals surface area contributed by atoms with E-state index in [1.807, 2.05) is 29.2 Å². The topological polar surface area (TPSA) is 57.6 Å². The molecule has 0 radical (unpaired) electrons. The van der Waals surface area contributed by atoms with E-state index in [0.717, 1.165) is 35.1 Å². The van der Waals surface area contributed by atoms with Crippen LogP contribution in [-0.2, 0) is 24.3 Å². The number of carbonyl (C=O) groups excluding carboxylic acids is 1. The molecule has 0 bridgehead atoms. The second-order valence-corrected chi connectivity index (χ2v) is 11.4. The lowest BCUT2D eigenvalue weighted by atomic mass is 9.85. The van der Waals surface area contributed by atoms with Crippen molar-refractivity contribution in [2.75, 3.05) is 0 Å². The smallest absolute Gasteiger partial charge is 0.335 e. The van der Waals surface area contributed by atoms with E-state index in [0.29, 0.717) is 31.3 Å². The van der Waals surface area contributed by atoms with Gasteiger partial charge in [0.05, 0.1) is 5.56 Å². The molecule has 1 N–H and O–H groups in total. The number of carbonyl (C=O) groups is 2. The molecule has 0 spiro atoms. The Morgan fingerprint density at radius 3 is 1.80 bits per heavy atom. The first-order valence-corrected chi connectivity index (χ1v) is 15.2. The number of benzene rings is 3. The molecule has 4 rings (SSSR count). The van der Waals surface area contributed by atoms with Crippen LogP contribution in [0.1, 0.15) is 103 Å². The second-order valence-electron chi connectivity index (χ2n) is 11.4. The molecule has 1 unspecified atom stereocenters. The predicted molar refractivity (Wildman–Crippen MR) is 165 cm³/mol. The number of hydrogen-bond acceptors (Lipinski definition) is 2. The number of carboxylic acids is 1. The third-order valence-corrected chi connectivity index (χ3v) is 8.41. The molecule has 1 aliphatic rings. The van der Waals surface area contributed by atoms with Crippen molar-refractivity contribution in [2.24, 2.45) is 11.8 Å². The molecular formula is C37H43NO3. The SMILES string of the molecule is CCCCc1ccc(C#Cc2ccc(CN(Cc3ccc(C(=O)O)cc3)C(=O)CC(CC)C3CCCC3)cc2)cc1. The van der Waals surface area contributed by atoms with Crippen molar-refractivity contribution in [1.29, 1.82) is 0 Å². The van der Waals surface area contributed by atoms with Gasteiger partial charge >= 0.3 is 5.97 Å². The van der Waals surface area contributed by atoms with E-state index in [9.17, 15) is 14.7 Å². The minimum absolute atomic E-state index is 0.164. The van der Waals surface area contributed by atoms with Crippen LogP contribution < -0.4 is 0 Å². The Morgan fingerprint density at radius 1 is 0.805 bits per heavy atom. The lowest BCUT2D eigenvalue weighted by Crippen LogP contribution is -2.32. The van der Waals surface area contributed by atoms with E-state index < -0.39 is 5.97 Å². The number of aryl methyl sites for hydroxylation is 1. The van der Waals surface area contributed by atoms with Crippen molar-refractivity contribution >= 4 is 11.9 Å². The highest BCUT2D eigenvalue weighted by molar-refractivity contribution is 5.87. The first-order valence-electron chi connectivity index (χ1n) is 15.2. The van der Waals surface area contributed by atoms with Gasteiger partial charge in [-0.15, -0.1) is 0 Å². The summed E-state index contributed by atoms with van der Waals surface area (Å²) in [6.45, 7) is 5.37. The van der Waals surface area contributed by atoms with Gasteiger partial charge < -0.3 is 10.0 Å². The van der Waals surface area contributed by atoms with E-state index in [1.165, 1.54) is 44.1 Å². The summed E-state index contributed by atoms with van der Waals surface area (Å²) >= 11 is 0. The van der Waals surface area contributed by atoms with E-state index >= 15 is 0 Å². The van der Waals surface area contributed by atoms with Crippen LogP contribution >= 0.6 is 0 Å². The molecule has 1 fully saturated rings. The van der Waals surface area contributed by atoms with Gasteiger partial charge in [0.25, 0.3) is 0 Å². The Bertz CT molecular complexity index is 1320. The molecule has 4 heteroatoms. The van der Waals surface area contributed by atoms with Gasteiger partial charge in [-0.05, 0) is 77.8 Å². The van der Waals surface area contributed by atoms with Crippen molar-refractivity contribution in [2.45, 2.75) is 84.7 Å². The van der Waals surface area contributed by atoms with Crippen LogP contribution in [0.2, 0.25) is 0 Å². The molecule has 0 saturated heterocycles. The Kier molecular flexibility index (Phi) is 11.2. The Morgan fingerprint density at radius 2 is 1.32 bits per heavy atom. The van der Waals surface area contributed by atoms with Crippen molar-refractivity contribution in [3.05, 3.63) is 106 Å². The predicted octanol–water partition coefficient (Wildman–Crippen LogP) is 8.26. The van der Waals surface area contributed by atoms with Crippen LogP contribution in [0.25, 0.3) is 0 Å². The van der Waals surface area contributed by atoms with Gasteiger partial charge in [-0.2, -0.15) is 0 Å². The Balaban J connectivity index is 1.45. The zero-order valence-corrected chi connectivity index (χ0v) is 24.6. The van der Waals surface area contributed by atoms with Gasteiger partial charge in [-0.25, -0.2) is 4.79 Å². The van der Waals surface area contributed by atoms with Gasteiger partial charge in [0.1, 0.15) is 0 Å². The molecule has 1 saturated carbocycles. The van der Waals surface area contributed by atoms with E-state index in [2.05, 4.69) is 62.1 Å². The third-order valence-electron chi connectivity index (χ3n) is 8.41. The molecule has 41 heavy (non-hydrogen) atoms. The maximum absolute atomic E-state index is 13.7. The summed E-state index contributed by atoms with van der Waals surface area (Å²) in [5.74, 6) is 6.81. The molecule has 3 aromatic carbocycles. The molecule has 214 valence electrons. The number of nitrogens with zero attached hydrogens (tertiary/aromatic N) is 1. The van der Waals surface area contributed by atoms with Crippen LogP contribution in [0.4, 0.5) is 0 Å². The third kappa shape index (κ3) is 9.08. The summed E-state index contributed by atoms with van der Waals surface area (Å²) in [4.78, 5) is 26.9. The number of unbranched alkanes of at least 4 members (excludes halogenated alkanes) is 1. The lowest BCUT2D eigenvalue weighted by molar-refractivity contribution is -0.134. The molecule has 0 heterocycles. The van der Waals surface area contributed by atoms with Crippen LogP contribution in [0.5, 0.6) is 0 Å². The summed E-state index contributed by atoms with van der Waals surface area (Å²) in [6, 6.07) is 23.5. The van der Waals surface area contributed by atoms with Crippen LogP contribution in [0, 0.1) is 23.7 Å². The van der Waals surface area contributed by atoms with E-state index in [-0.39, 0.29) is 11.5 Å². The van der Waals surface area contributed by atoms with Crippen molar-refractivity contribution in [1.82, 2.24) is 4.90 Å². The largest absolute Gasteiger partial charge is 0.478 e. The molecule has 1 amide bonds. The zero-order chi connectivity index (χ0) is 29.0. The van der Waals surface area contributed by atoms with Crippen LogP contribution in [0.15, 0.2) is 72.8 Å². The number of rotatable bonds is 12. The fourth-order valence-corrected chi connectivity index (χ4v) is 5.83. The van der Waals surface area contributed by atoms with Crippen molar-refractivity contribution in [3.63, 3.8) is 0 Å². The average Bonchev–Trinajstić information content (AvgIpc) is 3.54. The number of carboxylic acid groups (broad SMARTS) is 1. The summed E-state index contributed by atoms with van der Waals surface area (Å²) in [7, 11) is 0. The number of hydrogen-bond donors (Lipinski definition) is 1. The highest BCUT2D eigenvalue weighted by Gasteiger charge is 2.27. The fraction of sp³-hybridized carbons (Fsp3) is 0.405. The Labute approximate surface area is 245 Å². The summed E-state index contributed by atoms with van der Waals surface area (Å²) < 4.78 is 0. The summed E-state index contributed by atoms with van der Waals surface area (Å²) in [6.07, 6.45) is 10.1. The maximum Gasteiger partial charge on any atom is 0.335 e. The van der Waals surface area contributed by atoms with Crippen molar-refractivity contribution in [3.8, 4) is 11.8 Å². The summed E-state index contributed by atoms with van der Waals surface area (Å²) in [5, 5.41) is 9.26. The lowest BCUT2D eigenvalue weighted by Gasteiger charge is -2.28. The van der Waals surface area contributed by atoms with Gasteiger partial charge in [-0.3, -0.25) is 4.79 Å². The molecule has 1 atom stereocenters. The highest BCUT2D eigenvalue weighted by Crippen LogP contribution is 2.35. The molecule has 4 nitrogen and oxygen atoms in total. The molecule has 0 aliphatic heterocycles. The van der Waals surface area contributed by atoms with Gasteiger partial charge in [0, 0.05) is 30.6 Å². The second kappa shape index (κ2) is 15.2. The van der Waals surface area contributed by atoms with Crippen LogP contribution in [0.3, 0.4) is 0 Å². The maximum atomic E-state index is 13.7. The minimum Gasteiger partial charge on any atom is -0.478 e. The first kappa shape index (κ1) is 30.1. The minimum atomic E-state index is -0.945. The standard InChI is InChI=1S/C37H43NO3/c1-3-5-8-28-11-13-29(14-12-28)15-16-30-17-19-31(20-18-30)26-38(27-32-21-23-35(24-22-32)37(40)41)36(39)25-33(4-2)34-9-6-7-10-34/h11-14,17-24,33-34H,3-10,25-27H2,1-2H3,(H,40,41). The normalized spacial score (nSPS) is 13.8. The monoisotopic (exact) mass is 549 g/mol. The molecule has 3 aromatic rings. The molecular weight excluding hydrogens is 506 g/mol. The van der Waals surface area contributed by atoms with Crippen molar-refractivity contribution < 1.29 is 14.7 Å². The van der Waals surface area contributed by atoms with E-state index in [1.54, 1.807) is 12.1 Å². The number of amides is 1. The molecule has 0 aromatic heterocycles. The van der Waals surface area contributed by atoms with Crippen LogP contribution in [-0.4, -0.2) is 21.9 Å². The van der Waals surface area contributed by atoms with Gasteiger partial charge in [-0.1, -0.05) is 101 Å². The fourth-order valence-electron chi connectivity index (χ4n) is 5.83. The number of aromatic carboxylic acids is 1. The Hall–Kier alpha value is -3.84. The first-order chi connectivity index (χ1) is 19.9. The zero-order valence-electron chi connectivity index (χ0n) is 24.6. The molecule has 1 aliphatic carbocycles.